The van der Waals surface area contributed by atoms with Crippen LogP contribution in [0.2, 0.25) is 0 Å². The van der Waals surface area contributed by atoms with Crippen LogP contribution in [0.4, 0.5) is 5.82 Å². The van der Waals surface area contributed by atoms with E-state index in [9.17, 15) is 0 Å². The van der Waals surface area contributed by atoms with E-state index in [1.165, 1.54) is 42.1 Å². The molecule has 1 aliphatic rings. The number of benzene rings is 2. The summed E-state index contributed by atoms with van der Waals surface area (Å²) in [6, 6.07) is 19.4. The normalized spacial score (nSPS) is 15.3. The molecule has 3 aromatic rings. The van der Waals surface area contributed by atoms with E-state index in [0.29, 0.717) is 11.7 Å². The number of nitrogens with two attached hydrogens (primary N) is 1. The molecule has 3 N–H and O–H groups in total. The molecule has 0 aliphatic carbocycles. The van der Waals surface area contributed by atoms with E-state index in [1.54, 1.807) is 6.20 Å². The first-order chi connectivity index (χ1) is 16.0. The molecule has 6 heteroatoms. The van der Waals surface area contributed by atoms with Crippen LogP contribution in [0.25, 0.3) is 16.5 Å². The molecule has 1 saturated heterocycles. The number of hydrogen-bond donors (Lipinski definition) is 2. The molecule has 0 saturated carbocycles. The number of likely N-dealkylation sites (tertiary alicyclic amines) is 1. The molecule has 0 amide bonds. The molecule has 0 bridgehead atoms. The maximum absolute atomic E-state index is 8.00. The molecule has 0 radical (unpaired) electrons. The van der Waals surface area contributed by atoms with Gasteiger partial charge in [-0.2, -0.15) is 0 Å². The van der Waals surface area contributed by atoms with Gasteiger partial charge in [0, 0.05) is 23.5 Å². The van der Waals surface area contributed by atoms with E-state index in [0.717, 1.165) is 17.9 Å². The van der Waals surface area contributed by atoms with Crippen LogP contribution in [-0.4, -0.2) is 49.6 Å². The summed E-state index contributed by atoms with van der Waals surface area (Å²) in [4.78, 5) is 22.8. The van der Waals surface area contributed by atoms with E-state index < -0.39 is 0 Å². The maximum atomic E-state index is 8.00. The minimum Gasteiger partial charge on any atom is -0.399 e. The fraction of sp³-hybridized carbons (Fsp3) is 0.296. The van der Waals surface area contributed by atoms with Gasteiger partial charge in [0.05, 0.1) is 0 Å². The highest BCUT2D eigenvalue weighted by Crippen LogP contribution is 2.16. The van der Waals surface area contributed by atoms with Crippen molar-refractivity contribution in [2.45, 2.75) is 32.2 Å². The van der Waals surface area contributed by atoms with Crippen molar-refractivity contribution in [1.29, 1.82) is 0 Å². The molecule has 6 nitrogen and oxygen atoms in total. The number of aromatic nitrogens is 1. The van der Waals surface area contributed by atoms with Crippen LogP contribution in [-0.2, 0) is 9.59 Å². The highest BCUT2D eigenvalue weighted by Gasteiger charge is 2.14. The van der Waals surface area contributed by atoms with Crippen molar-refractivity contribution in [2.75, 3.05) is 25.5 Å². The largest absolute Gasteiger partial charge is 0.399 e. The van der Waals surface area contributed by atoms with E-state index in [2.05, 4.69) is 78.2 Å². The first kappa shape index (κ1) is 27.5. The second-order valence-corrected chi connectivity index (χ2v) is 7.88. The fourth-order valence-corrected chi connectivity index (χ4v) is 3.57. The van der Waals surface area contributed by atoms with Crippen LogP contribution in [0.15, 0.2) is 67.4 Å². The summed E-state index contributed by atoms with van der Waals surface area (Å²) in [6.07, 6.45) is 5.39. The lowest BCUT2D eigenvalue weighted by molar-refractivity contribution is -0.0987. The first-order valence-corrected chi connectivity index (χ1v) is 10.9. The van der Waals surface area contributed by atoms with Gasteiger partial charge in [0.1, 0.15) is 19.4 Å². The highest BCUT2D eigenvalue weighted by molar-refractivity contribution is 5.82. The first-order valence-electron chi connectivity index (χ1n) is 10.9. The standard InChI is InChI=1S/C14H22N4.C11H10.2CH2O/c1-11(15)12-5-6-14(16-10-12)17-13-4-3-8-18(2)9-7-13;1-9-6-7-10-4-2-3-5-11(10)8-9;2*1-2/h5-6,10,13H,1,3-4,7-9,15H2,2H3,(H,16,17);2-8H,1H3;2*1H2. The van der Waals surface area contributed by atoms with E-state index in [-0.39, 0.29) is 0 Å². The molecular weight excluding hydrogens is 412 g/mol. The number of rotatable bonds is 3. The Morgan fingerprint density at radius 2 is 1.70 bits per heavy atom. The number of pyridine rings is 1. The van der Waals surface area contributed by atoms with Crippen molar-refractivity contribution in [3.8, 4) is 0 Å². The molecule has 4 rings (SSSR count). The zero-order chi connectivity index (χ0) is 24.6. The van der Waals surface area contributed by atoms with Gasteiger partial charge < -0.3 is 25.5 Å². The van der Waals surface area contributed by atoms with Crippen molar-refractivity contribution in [3.63, 3.8) is 0 Å². The molecule has 1 aliphatic heterocycles. The maximum Gasteiger partial charge on any atom is 0.126 e. The molecule has 0 spiro atoms. The Bertz CT molecular complexity index is 973. The quantitative estimate of drug-likeness (QED) is 0.605. The van der Waals surface area contributed by atoms with Gasteiger partial charge in [-0.1, -0.05) is 54.6 Å². The Kier molecular flexibility index (Phi) is 12.8. The molecule has 1 unspecified atom stereocenters. The molecule has 1 aromatic heterocycles. The number of nitrogens with zero attached hydrogens (tertiary/aromatic N) is 2. The molecule has 1 fully saturated rings. The minimum atomic E-state index is 0.523. The third-order valence-electron chi connectivity index (χ3n) is 5.34. The second kappa shape index (κ2) is 15.3. The van der Waals surface area contributed by atoms with Crippen molar-refractivity contribution in [3.05, 3.63) is 78.5 Å². The average Bonchev–Trinajstić information content (AvgIpc) is 3.06. The zero-order valence-corrected chi connectivity index (χ0v) is 19.8. The van der Waals surface area contributed by atoms with Crippen LogP contribution in [0.3, 0.4) is 0 Å². The predicted octanol–water partition coefficient (Wildman–Crippen LogP) is 4.69. The fourth-order valence-electron chi connectivity index (χ4n) is 3.57. The number of carbonyl (C=O) groups is 2. The van der Waals surface area contributed by atoms with Gasteiger partial charge >= 0.3 is 0 Å². The third-order valence-corrected chi connectivity index (χ3v) is 5.34. The van der Waals surface area contributed by atoms with Crippen LogP contribution >= 0.6 is 0 Å². The molecule has 176 valence electrons. The lowest BCUT2D eigenvalue weighted by atomic mass is 10.1. The minimum absolute atomic E-state index is 0.523. The lowest BCUT2D eigenvalue weighted by Gasteiger charge is -2.17. The molecule has 2 aromatic carbocycles. The topological polar surface area (TPSA) is 88.3 Å². The van der Waals surface area contributed by atoms with Gasteiger partial charge in [-0.25, -0.2) is 4.98 Å². The summed E-state index contributed by atoms with van der Waals surface area (Å²) in [5, 5.41) is 6.14. The monoisotopic (exact) mass is 448 g/mol. The zero-order valence-electron chi connectivity index (χ0n) is 19.8. The lowest BCUT2D eigenvalue weighted by Crippen LogP contribution is -2.23. The predicted molar refractivity (Wildman–Crippen MR) is 139 cm³/mol. The van der Waals surface area contributed by atoms with Crippen molar-refractivity contribution in [2.24, 2.45) is 5.73 Å². The Morgan fingerprint density at radius 1 is 1.00 bits per heavy atom. The second-order valence-electron chi connectivity index (χ2n) is 7.88. The summed E-state index contributed by atoms with van der Waals surface area (Å²) in [6.45, 7) is 12.2. The summed E-state index contributed by atoms with van der Waals surface area (Å²) in [5.74, 6) is 0.926. The van der Waals surface area contributed by atoms with Crippen LogP contribution in [0.5, 0.6) is 0 Å². The highest BCUT2D eigenvalue weighted by atomic mass is 16.1. The Balaban J connectivity index is 0.000000310. The summed E-state index contributed by atoms with van der Waals surface area (Å²) < 4.78 is 0. The molecule has 1 atom stereocenters. The van der Waals surface area contributed by atoms with Crippen molar-refractivity contribution in [1.82, 2.24) is 9.88 Å². The van der Waals surface area contributed by atoms with Crippen LogP contribution in [0.1, 0.15) is 30.4 Å². The number of nitrogens with one attached hydrogen (secondary N) is 1. The Labute approximate surface area is 197 Å². The molecule has 2 heterocycles. The van der Waals surface area contributed by atoms with Gasteiger partial charge in [-0.3, -0.25) is 0 Å². The number of aryl methyl sites for hydroxylation is 1. The third kappa shape index (κ3) is 9.66. The summed E-state index contributed by atoms with van der Waals surface area (Å²) >= 11 is 0. The molecular formula is C27H36N4O2. The summed E-state index contributed by atoms with van der Waals surface area (Å²) in [7, 11) is 2.18. The van der Waals surface area contributed by atoms with E-state index in [4.69, 9.17) is 15.3 Å². The van der Waals surface area contributed by atoms with Gasteiger partial charge in [0.15, 0.2) is 0 Å². The SMILES string of the molecule is C=C(N)c1ccc(NC2CCCN(C)CC2)nc1.C=O.C=O.Cc1ccc2ccccc2c1. The smallest absolute Gasteiger partial charge is 0.126 e. The Hall–Kier alpha value is -3.51. The molecule has 33 heavy (non-hydrogen) atoms. The van der Waals surface area contributed by atoms with Gasteiger partial charge in [0.25, 0.3) is 0 Å². The average molecular weight is 449 g/mol. The van der Waals surface area contributed by atoms with Crippen LogP contribution < -0.4 is 11.1 Å². The van der Waals surface area contributed by atoms with Gasteiger partial charge in [-0.15, -0.1) is 0 Å². The number of carbonyl (C=O) groups excluding carboxylic acids is 2. The van der Waals surface area contributed by atoms with Crippen molar-refractivity contribution >= 4 is 35.9 Å². The Morgan fingerprint density at radius 3 is 2.33 bits per heavy atom. The van der Waals surface area contributed by atoms with Crippen LogP contribution in [0, 0.1) is 6.92 Å². The van der Waals surface area contributed by atoms with Crippen molar-refractivity contribution < 1.29 is 9.59 Å². The van der Waals surface area contributed by atoms with E-state index >= 15 is 0 Å². The number of fused-ring (bicyclic) bond motifs is 1. The summed E-state index contributed by atoms with van der Waals surface area (Å²) in [5.41, 5.74) is 8.40. The van der Waals surface area contributed by atoms with Gasteiger partial charge in [0.2, 0.25) is 0 Å². The number of anilines is 1. The van der Waals surface area contributed by atoms with E-state index in [1.807, 2.05) is 25.7 Å². The number of hydrogen-bond acceptors (Lipinski definition) is 6. The van der Waals surface area contributed by atoms with Gasteiger partial charge in [-0.05, 0) is 69.2 Å².